The zero-order valence-corrected chi connectivity index (χ0v) is 12.5. The molecule has 126 valence electrons. The first-order valence-corrected chi connectivity index (χ1v) is 6.82. The Hall–Kier alpha value is -3.35. The van der Waals surface area contributed by atoms with Crippen LogP contribution in [0, 0.1) is 0 Å². The molecule has 2 aromatic carbocycles. The van der Waals surface area contributed by atoms with Gasteiger partial charge in [-0.05, 0) is 23.8 Å². The van der Waals surface area contributed by atoms with Gasteiger partial charge in [0.2, 0.25) is 5.78 Å². The van der Waals surface area contributed by atoms with Gasteiger partial charge in [0.1, 0.15) is 11.5 Å². The van der Waals surface area contributed by atoms with Gasteiger partial charge < -0.3 is 20.4 Å². The van der Waals surface area contributed by atoms with Crippen LogP contribution >= 0.6 is 0 Å². The molecule has 0 bridgehead atoms. The molecular weight excluding hydrogens is 316 g/mol. The minimum Gasteiger partial charge on any atom is -0.508 e. The fraction of sp³-hybridized carbons (Fsp3) is 0.118. The highest BCUT2D eigenvalue weighted by Gasteiger charge is 2.13. The first-order valence-electron chi connectivity index (χ1n) is 6.82. The van der Waals surface area contributed by atoms with Crippen molar-refractivity contribution in [3.8, 4) is 11.5 Å². The lowest BCUT2D eigenvalue weighted by Crippen LogP contribution is -2.14. The van der Waals surface area contributed by atoms with E-state index in [2.05, 4.69) is 0 Å². The molecule has 0 aliphatic rings. The molecule has 0 fully saturated rings. The highest BCUT2D eigenvalue weighted by atomic mass is 16.4. The van der Waals surface area contributed by atoms with Crippen molar-refractivity contribution in [3.63, 3.8) is 0 Å². The van der Waals surface area contributed by atoms with Crippen LogP contribution in [0.3, 0.4) is 0 Å². The molecular formula is C17H16O7. The van der Waals surface area contributed by atoms with E-state index >= 15 is 0 Å². The molecule has 7 heteroatoms. The molecule has 0 aliphatic carbocycles. The molecule has 0 aromatic heterocycles. The van der Waals surface area contributed by atoms with Gasteiger partial charge in [-0.25, -0.2) is 4.79 Å². The van der Waals surface area contributed by atoms with E-state index in [0.717, 1.165) is 0 Å². The van der Waals surface area contributed by atoms with Crippen molar-refractivity contribution in [3.05, 3.63) is 59.7 Å². The van der Waals surface area contributed by atoms with E-state index in [4.69, 9.17) is 15.3 Å². The number of phenolic OH excluding ortho intramolecular Hbond substituents is 2. The predicted octanol–water partition coefficient (Wildman–Crippen LogP) is 1.61. The maximum absolute atomic E-state index is 10.8. The van der Waals surface area contributed by atoms with Crippen LogP contribution in [0.15, 0.2) is 48.5 Å². The van der Waals surface area contributed by atoms with E-state index < -0.39 is 17.7 Å². The number of carbonyl (C=O) groups excluding carboxylic acids is 1. The zero-order chi connectivity index (χ0) is 18.1. The summed E-state index contributed by atoms with van der Waals surface area (Å²) in [5.74, 6) is -3.18. The lowest BCUT2D eigenvalue weighted by molar-refractivity contribution is -0.148. The predicted molar refractivity (Wildman–Crippen MR) is 83.9 cm³/mol. The van der Waals surface area contributed by atoms with Gasteiger partial charge in [0.05, 0.1) is 6.42 Å². The van der Waals surface area contributed by atoms with E-state index in [0.29, 0.717) is 11.1 Å². The minimum atomic E-state index is -1.48. The molecule has 0 spiro atoms. The SMILES string of the molecule is O=C(O)C(=O)Cc1ccccc1O.O=C(O)Cc1ccc(O)cc1. The number of aliphatic carboxylic acids is 2. The number of rotatable bonds is 5. The molecule has 0 unspecified atom stereocenters. The van der Waals surface area contributed by atoms with Crippen molar-refractivity contribution in [1.82, 2.24) is 0 Å². The Balaban J connectivity index is 0.000000243. The summed E-state index contributed by atoms with van der Waals surface area (Å²) in [6.45, 7) is 0. The van der Waals surface area contributed by atoms with E-state index in [1.807, 2.05) is 0 Å². The van der Waals surface area contributed by atoms with Gasteiger partial charge in [-0.3, -0.25) is 9.59 Å². The van der Waals surface area contributed by atoms with Crippen molar-refractivity contribution in [2.75, 3.05) is 0 Å². The van der Waals surface area contributed by atoms with Crippen LogP contribution < -0.4 is 0 Å². The van der Waals surface area contributed by atoms with Crippen LogP contribution in [0.5, 0.6) is 11.5 Å². The van der Waals surface area contributed by atoms with Crippen molar-refractivity contribution in [2.24, 2.45) is 0 Å². The van der Waals surface area contributed by atoms with Crippen LogP contribution in [0.4, 0.5) is 0 Å². The van der Waals surface area contributed by atoms with E-state index in [-0.39, 0.29) is 24.3 Å². The third-order valence-corrected chi connectivity index (χ3v) is 2.87. The van der Waals surface area contributed by atoms with E-state index in [1.54, 1.807) is 24.3 Å². The average Bonchev–Trinajstić information content (AvgIpc) is 2.52. The van der Waals surface area contributed by atoms with Crippen LogP contribution in [0.1, 0.15) is 11.1 Å². The third kappa shape index (κ3) is 6.61. The van der Waals surface area contributed by atoms with Crippen LogP contribution in [0.25, 0.3) is 0 Å². The second-order valence-electron chi connectivity index (χ2n) is 4.77. The Kier molecular flexibility index (Phi) is 6.97. The lowest BCUT2D eigenvalue weighted by Gasteiger charge is -1.99. The summed E-state index contributed by atoms with van der Waals surface area (Å²) in [7, 11) is 0. The zero-order valence-electron chi connectivity index (χ0n) is 12.5. The van der Waals surface area contributed by atoms with Gasteiger partial charge in [0.25, 0.3) is 0 Å². The number of carboxylic acid groups (broad SMARTS) is 2. The van der Waals surface area contributed by atoms with Gasteiger partial charge in [-0.2, -0.15) is 0 Å². The highest BCUT2D eigenvalue weighted by molar-refractivity contribution is 6.33. The lowest BCUT2D eigenvalue weighted by atomic mass is 10.1. The smallest absolute Gasteiger partial charge is 0.372 e. The summed E-state index contributed by atoms with van der Waals surface area (Å²) < 4.78 is 0. The molecule has 24 heavy (non-hydrogen) atoms. The third-order valence-electron chi connectivity index (χ3n) is 2.87. The molecule has 0 saturated heterocycles. The maximum atomic E-state index is 10.8. The molecule has 7 nitrogen and oxygen atoms in total. The topological polar surface area (TPSA) is 132 Å². The van der Waals surface area contributed by atoms with Crippen molar-refractivity contribution in [1.29, 1.82) is 0 Å². The van der Waals surface area contributed by atoms with Gasteiger partial charge >= 0.3 is 11.9 Å². The summed E-state index contributed by atoms with van der Waals surface area (Å²) >= 11 is 0. The molecule has 0 saturated carbocycles. The van der Waals surface area contributed by atoms with Gasteiger partial charge in [-0.15, -0.1) is 0 Å². The van der Waals surface area contributed by atoms with Gasteiger partial charge in [0.15, 0.2) is 0 Å². The Morgan fingerprint density at radius 1 is 0.792 bits per heavy atom. The molecule has 0 radical (unpaired) electrons. The summed E-state index contributed by atoms with van der Waals surface area (Å²) in [4.78, 5) is 31.1. The monoisotopic (exact) mass is 332 g/mol. The Morgan fingerprint density at radius 2 is 1.38 bits per heavy atom. The summed E-state index contributed by atoms with van der Waals surface area (Å²) in [5, 5.41) is 34.7. The van der Waals surface area contributed by atoms with Crippen molar-refractivity contribution < 1.29 is 34.8 Å². The van der Waals surface area contributed by atoms with Gasteiger partial charge in [0, 0.05) is 12.0 Å². The van der Waals surface area contributed by atoms with Crippen LogP contribution in [-0.4, -0.2) is 38.1 Å². The number of ketones is 1. The van der Waals surface area contributed by atoms with Crippen molar-refractivity contribution in [2.45, 2.75) is 12.8 Å². The molecule has 2 rings (SSSR count). The van der Waals surface area contributed by atoms with Crippen molar-refractivity contribution >= 4 is 17.7 Å². The number of Topliss-reactive ketones (excluding diaryl/α,β-unsaturated/α-hetero) is 1. The first-order chi connectivity index (χ1) is 11.3. The molecule has 4 N–H and O–H groups in total. The number of benzene rings is 2. The quantitative estimate of drug-likeness (QED) is 0.611. The van der Waals surface area contributed by atoms with E-state index in [1.165, 1.54) is 24.3 Å². The molecule has 2 aromatic rings. The minimum absolute atomic E-state index is 0.000278. The number of phenols is 2. The number of para-hydroxylation sites is 1. The van der Waals surface area contributed by atoms with Crippen LogP contribution in [0.2, 0.25) is 0 Å². The van der Waals surface area contributed by atoms with Gasteiger partial charge in [-0.1, -0.05) is 30.3 Å². The number of aromatic hydroxyl groups is 2. The Labute approximate surface area is 137 Å². The fourth-order valence-corrected chi connectivity index (χ4v) is 1.70. The van der Waals surface area contributed by atoms with E-state index in [9.17, 15) is 19.5 Å². The highest BCUT2D eigenvalue weighted by Crippen LogP contribution is 2.16. The summed E-state index contributed by atoms with van der Waals surface area (Å²) in [5.41, 5.74) is 1.02. The molecule has 0 amide bonds. The first kappa shape index (κ1) is 18.7. The average molecular weight is 332 g/mol. The number of hydrogen-bond donors (Lipinski definition) is 4. The fourth-order valence-electron chi connectivity index (χ4n) is 1.70. The standard InChI is InChI=1S/C9H8O4.C8H8O3/c10-7-4-2-1-3-6(7)5-8(11)9(12)13;9-7-3-1-6(2-4-7)5-8(10)11/h1-4,10H,5H2,(H,12,13);1-4,9H,5H2,(H,10,11). The number of carboxylic acids is 2. The number of hydrogen-bond acceptors (Lipinski definition) is 5. The molecule has 0 heterocycles. The molecule has 0 aliphatic heterocycles. The largest absolute Gasteiger partial charge is 0.508 e. The number of carbonyl (C=O) groups is 3. The Morgan fingerprint density at radius 3 is 1.88 bits per heavy atom. The Bertz CT molecular complexity index is 720. The molecule has 0 atom stereocenters. The normalized spacial score (nSPS) is 9.50. The summed E-state index contributed by atoms with van der Waals surface area (Å²) in [6.07, 6.45) is -0.276. The van der Waals surface area contributed by atoms with Crippen LogP contribution in [-0.2, 0) is 27.2 Å². The second kappa shape index (κ2) is 8.94. The second-order valence-corrected chi connectivity index (χ2v) is 4.77. The summed E-state index contributed by atoms with van der Waals surface area (Å²) in [6, 6.07) is 12.3. The maximum Gasteiger partial charge on any atom is 0.372 e.